The quantitative estimate of drug-likeness (QED) is 0.856. The molecule has 0 fully saturated rings. The molecule has 1 rings (SSSR count). The molecule has 0 saturated heterocycles. The molecule has 0 spiro atoms. The molecule has 0 heterocycles. The number of aryl methyl sites for hydroxylation is 1. The Morgan fingerprint density at radius 3 is 2.62 bits per heavy atom. The number of nitrogens with one attached hydrogen (secondary N) is 1. The third-order valence-corrected chi connectivity index (χ3v) is 2.86. The molecule has 0 bridgehead atoms. The Morgan fingerprint density at radius 1 is 1.46 bits per heavy atom. The molecule has 0 amide bonds. The molecule has 1 unspecified atom stereocenters. The van der Waals surface area contributed by atoms with Crippen molar-refractivity contribution in [2.24, 2.45) is 0 Å². The van der Waals surface area contributed by atoms with Gasteiger partial charge in [0.05, 0.1) is 0 Å². The summed E-state index contributed by atoms with van der Waals surface area (Å²) in [7, 11) is 2.01. The van der Waals surface area contributed by atoms with Gasteiger partial charge in [0.1, 0.15) is 0 Å². The average molecular weight is 242 g/mol. The summed E-state index contributed by atoms with van der Waals surface area (Å²) in [5, 5.41) is 3.31. The Kier molecular flexibility index (Phi) is 3.94. The lowest BCUT2D eigenvalue weighted by Gasteiger charge is -2.16. The van der Waals surface area contributed by atoms with E-state index in [4.69, 9.17) is 0 Å². The molecule has 72 valence electrons. The van der Waals surface area contributed by atoms with Crippen molar-refractivity contribution in [1.82, 2.24) is 5.32 Å². The lowest BCUT2D eigenvalue weighted by molar-refractivity contribution is 0.574. The Bertz CT molecular complexity index is 279. The summed E-state index contributed by atoms with van der Waals surface area (Å²) in [6, 6.07) is 6.93. The smallest absolute Gasteiger partial charge is 0.0317 e. The van der Waals surface area contributed by atoms with Crippen LogP contribution in [-0.4, -0.2) is 7.05 Å². The van der Waals surface area contributed by atoms with E-state index in [9.17, 15) is 0 Å². The van der Waals surface area contributed by atoms with Crippen LogP contribution in [0.3, 0.4) is 0 Å². The predicted molar refractivity (Wildman–Crippen MR) is 61.0 cm³/mol. The van der Waals surface area contributed by atoms with Crippen molar-refractivity contribution in [2.75, 3.05) is 7.05 Å². The first-order chi connectivity index (χ1) is 6.19. The maximum Gasteiger partial charge on any atom is 0.0317 e. The van der Waals surface area contributed by atoms with E-state index in [0.29, 0.717) is 6.04 Å². The Balaban J connectivity index is 2.99. The Labute approximate surface area is 88.7 Å². The van der Waals surface area contributed by atoms with Gasteiger partial charge in [0, 0.05) is 10.5 Å². The van der Waals surface area contributed by atoms with Gasteiger partial charge in [-0.25, -0.2) is 0 Å². The van der Waals surface area contributed by atoms with E-state index in [1.54, 1.807) is 0 Å². The minimum absolute atomic E-state index is 0.480. The first kappa shape index (κ1) is 10.7. The summed E-state index contributed by atoms with van der Waals surface area (Å²) in [4.78, 5) is 0. The van der Waals surface area contributed by atoms with Gasteiger partial charge in [0.15, 0.2) is 0 Å². The lowest BCUT2D eigenvalue weighted by Crippen LogP contribution is -2.16. The fourth-order valence-electron chi connectivity index (χ4n) is 1.61. The molecule has 0 saturated carbocycles. The summed E-state index contributed by atoms with van der Waals surface area (Å²) >= 11 is 3.47. The molecule has 2 heteroatoms. The van der Waals surface area contributed by atoms with Gasteiger partial charge in [-0.1, -0.05) is 28.9 Å². The number of halogens is 1. The van der Waals surface area contributed by atoms with Gasteiger partial charge in [-0.3, -0.25) is 0 Å². The molecule has 0 aliphatic carbocycles. The van der Waals surface area contributed by atoms with Gasteiger partial charge in [-0.15, -0.1) is 0 Å². The van der Waals surface area contributed by atoms with Gasteiger partial charge in [0.2, 0.25) is 0 Å². The summed E-state index contributed by atoms with van der Waals surface area (Å²) < 4.78 is 1.15. The molecular formula is C11H16BrN. The maximum atomic E-state index is 3.47. The molecule has 1 aromatic carbocycles. The van der Waals surface area contributed by atoms with Crippen molar-refractivity contribution >= 4 is 15.9 Å². The molecule has 0 aliphatic rings. The van der Waals surface area contributed by atoms with Gasteiger partial charge in [-0.2, -0.15) is 0 Å². The molecule has 0 aromatic heterocycles. The summed E-state index contributed by atoms with van der Waals surface area (Å²) in [5.74, 6) is 0. The number of hydrogen-bond donors (Lipinski definition) is 1. The minimum atomic E-state index is 0.480. The largest absolute Gasteiger partial charge is 0.313 e. The van der Waals surface area contributed by atoms with Crippen LogP contribution in [0.5, 0.6) is 0 Å². The van der Waals surface area contributed by atoms with E-state index in [2.05, 4.69) is 53.3 Å². The van der Waals surface area contributed by atoms with Crippen molar-refractivity contribution in [3.63, 3.8) is 0 Å². The molecular weight excluding hydrogens is 226 g/mol. The van der Waals surface area contributed by atoms with Crippen LogP contribution in [0.4, 0.5) is 0 Å². The second-order valence-electron chi connectivity index (χ2n) is 3.25. The molecule has 0 radical (unpaired) electrons. The minimum Gasteiger partial charge on any atom is -0.313 e. The summed E-state index contributed by atoms with van der Waals surface area (Å²) in [6.45, 7) is 4.35. The first-order valence-corrected chi connectivity index (χ1v) is 5.41. The highest BCUT2D eigenvalue weighted by Crippen LogP contribution is 2.23. The van der Waals surface area contributed by atoms with Crippen LogP contribution in [0.25, 0.3) is 0 Å². The Hall–Kier alpha value is -0.340. The Morgan fingerprint density at radius 2 is 2.15 bits per heavy atom. The molecule has 1 aromatic rings. The van der Waals surface area contributed by atoms with Crippen LogP contribution in [0.2, 0.25) is 0 Å². The second kappa shape index (κ2) is 4.77. The van der Waals surface area contributed by atoms with Crippen LogP contribution in [0, 0.1) is 6.92 Å². The molecule has 1 N–H and O–H groups in total. The second-order valence-corrected chi connectivity index (χ2v) is 4.17. The van der Waals surface area contributed by atoms with E-state index < -0.39 is 0 Å². The van der Waals surface area contributed by atoms with Crippen LogP contribution >= 0.6 is 15.9 Å². The lowest BCUT2D eigenvalue weighted by atomic mass is 10.00. The summed E-state index contributed by atoms with van der Waals surface area (Å²) in [6.07, 6.45) is 1.12. The van der Waals surface area contributed by atoms with Crippen molar-refractivity contribution in [1.29, 1.82) is 0 Å². The van der Waals surface area contributed by atoms with Crippen molar-refractivity contribution in [3.05, 3.63) is 33.8 Å². The molecule has 0 aliphatic heterocycles. The van der Waals surface area contributed by atoms with Gasteiger partial charge < -0.3 is 5.32 Å². The fraction of sp³-hybridized carbons (Fsp3) is 0.455. The number of rotatable bonds is 3. The van der Waals surface area contributed by atoms with Crippen LogP contribution in [0.1, 0.15) is 30.5 Å². The zero-order chi connectivity index (χ0) is 9.84. The third kappa shape index (κ3) is 2.55. The zero-order valence-corrected chi connectivity index (χ0v) is 9.98. The fourth-order valence-corrected chi connectivity index (χ4v) is 2.09. The van der Waals surface area contributed by atoms with Crippen molar-refractivity contribution < 1.29 is 0 Å². The molecule has 1 atom stereocenters. The topological polar surface area (TPSA) is 12.0 Å². The van der Waals surface area contributed by atoms with Gasteiger partial charge in [-0.05, 0) is 43.7 Å². The first-order valence-electron chi connectivity index (χ1n) is 4.62. The highest BCUT2D eigenvalue weighted by atomic mass is 79.9. The van der Waals surface area contributed by atoms with Crippen LogP contribution in [0.15, 0.2) is 22.7 Å². The van der Waals surface area contributed by atoms with Crippen LogP contribution < -0.4 is 5.32 Å². The summed E-state index contributed by atoms with van der Waals surface area (Å²) in [5.41, 5.74) is 2.74. The van der Waals surface area contributed by atoms with Gasteiger partial charge >= 0.3 is 0 Å². The van der Waals surface area contributed by atoms with E-state index in [0.717, 1.165) is 10.9 Å². The van der Waals surface area contributed by atoms with E-state index in [1.807, 2.05) is 7.05 Å². The van der Waals surface area contributed by atoms with Gasteiger partial charge in [0.25, 0.3) is 0 Å². The highest BCUT2D eigenvalue weighted by Gasteiger charge is 2.08. The number of benzene rings is 1. The average Bonchev–Trinajstić information content (AvgIpc) is 2.10. The zero-order valence-electron chi connectivity index (χ0n) is 8.39. The van der Waals surface area contributed by atoms with E-state index in [-0.39, 0.29) is 0 Å². The SMILES string of the molecule is CCC(NC)c1ccc(Br)cc1C. The van der Waals surface area contributed by atoms with Crippen molar-refractivity contribution in [2.45, 2.75) is 26.3 Å². The standard InChI is InChI=1S/C11H16BrN/c1-4-11(13-3)10-6-5-9(12)7-8(10)2/h5-7,11,13H,4H2,1-3H3. The maximum absolute atomic E-state index is 3.47. The monoisotopic (exact) mass is 241 g/mol. The van der Waals surface area contributed by atoms with Crippen LogP contribution in [-0.2, 0) is 0 Å². The molecule has 1 nitrogen and oxygen atoms in total. The van der Waals surface area contributed by atoms with E-state index in [1.165, 1.54) is 11.1 Å². The van der Waals surface area contributed by atoms with Crippen molar-refractivity contribution in [3.8, 4) is 0 Å². The molecule has 13 heavy (non-hydrogen) atoms. The number of hydrogen-bond acceptors (Lipinski definition) is 1. The third-order valence-electron chi connectivity index (χ3n) is 2.36. The highest BCUT2D eigenvalue weighted by molar-refractivity contribution is 9.10. The van der Waals surface area contributed by atoms with E-state index >= 15 is 0 Å². The predicted octanol–water partition coefficient (Wildman–Crippen LogP) is 3.43. The normalized spacial score (nSPS) is 12.9.